The minimum absolute atomic E-state index is 0.247. The highest BCUT2D eigenvalue weighted by atomic mass is 16.5. The average molecular weight is 332 g/mol. The van der Waals surface area contributed by atoms with Crippen molar-refractivity contribution in [3.05, 3.63) is 47.5 Å². The van der Waals surface area contributed by atoms with E-state index in [0.29, 0.717) is 17.7 Å². The second-order valence-corrected chi connectivity index (χ2v) is 5.65. The molecule has 0 aliphatic rings. The van der Waals surface area contributed by atoms with E-state index in [-0.39, 0.29) is 12.6 Å². The number of ether oxygens (including phenoxy) is 2. The van der Waals surface area contributed by atoms with Crippen LogP contribution in [0.3, 0.4) is 0 Å². The zero-order chi connectivity index (χ0) is 17.6. The van der Waals surface area contributed by atoms with E-state index in [0.717, 1.165) is 12.8 Å². The first kappa shape index (κ1) is 19.9. The zero-order valence-electron chi connectivity index (χ0n) is 14.8. The maximum atomic E-state index is 11.9. The van der Waals surface area contributed by atoms with Crippen molar-refractivity contribution >= 4 is 11.9 Å². The molecule has 0 N–H and O–H groups in total. The highest BCUT2D eigenvalue weighted by Crippen LogP contribution is 2.09. The highest BCUT2D eigenvalue weighted by molar-refractivity contribution is 5.93. The molecule has 24 heavy (non-hydrogen) atoms. The van der Waals surface area contributed by atoms with Crippen LogP contribution in [-0.4, -0.2) is 25.2 Å². The summed E-state index contributed by atoms with van der Waals surface area (Å²) in [6, 6.07) is 6.35. The van der Waals surface area contributed by atoms with Crippen LogP contribution in [0.4, 0.5) is 0 Å². The van der Waals surface area contributed by atoms with Gasteiger partial charge in [-0.3, -0.25) is 0 Å². The molecule has 0 unspecified atom stereocenters. The third-order valence-electron chi connectivity index (χ3n) is 3.63. The first-order valence-corrected chi connectivity index (χ1v) is 8.74. The number of hydrogen-bond acceptors (Lipinski definition) is 4. The maximum absolute atomic E-state index is 11.9. The minimum Gasteiger partial charge on any atom is -0.462 e. The SMILES string of the molecule is C/C=C/COC(=O)c1ccc(C(=O)OCCCCCCCC)cc1. The summed E-state index contributed by atoms with van der Waals surface area (Å²) < 4.78 is 10.3. The third kappa shape index (κ3) is 7.95. The van der Waals surface area contributed by atoms with Crippen molar-refractivity contribution in [3.8, 4) is 0 Å². The molecule has 132 valence electrons. The van der Waals surface area contributed by atoms with Gasteiger partial charge in [0.15, 0.2) is 0 Å². The Hall–Kier alpha value is -2.10. The van der Waals surface area contributed by atoms with Crippen molar-refractivity contribution < 1.29 is 19.1 Å². The Morgan fingerprint density at radius 1 is 0.875 bits per heavy atom. The molecule has 1 rings (SSSR count). The molecule has 0 aliphatic carbocycles. The van der Waals surface area contributed by atoms with Crippen molar-refractivity contribution in [2.24, 2.45) is 0 Å². The average Bonchev–Trinajstić information content (AvgIpc) is 2.61. The lowest BCUT2D eigenvalue weighted by atomic mass is 10.1. The molecule has 0 bridgehead atoms. The van der Waals surface area contributed by atoms with E-state index < -0.39 is 5.97 Å². The van der Waals surface area contributed by atoms with E-state index in [1.54, 1.807) is 30.3 Å². The Balaban J connectivity index is 2.31. The molecule has 1 aromatic rings. The number of unbranched alkanes of at least 4 members (excludes halogenated alkanes) is 5. The third-order valence-corrected chi connectivity index (χ3v) is 3.63. The van der Waals surface area contributed by atoms with Crippen LogP contribution in [0.2, 0.25) is 0 Å². The van der Waals surface area contributed by atoms with Crippen LogP contribution in [0.1, 0.15) is 73.1 Å². The summed E-state index contributed by atoms with van der Waals surface area (Å²) in [5, 5.41) is 0. The Morgan fingerprint density at radius 3 is 2.00 bits per heavy atom. The summed E-state index contributed by atoms with van der Waals surface area (Å²) in [5.74, 6) is -0.752. The largest absolute Gasteiger partial charge is 0.462 e. The van der Waals surface area contributed by atoms with Crippen LogP contribution < -0.4 is 0 Å². The van der Waals surface area contributed by atoms with Crippen molar-refractivity contribution in [3.63, 3.8) is 0 Å². The number of benzene rings is 1. The Labute approximate surface area is 144 Å². The van der Waals surface area contributed by atoms with Gasteiger partial charge in [0.25, 0.3) is 0 Å². The van der Waals surface area contributed by atoms with Gasteiger partial charge in [-0.15, -0.1) is 0 Å². The molecule has 4 heteroatoms. The molecule has 0 spiro atoms. The van der Waals surface area contributed by atoms with Crippen LogP contribution in [0.15, 0.2) is 36.4 Å². The van der Waals surface area contributed by atoms with Gasteiger partial charge in [-0.25, -0.2) is 9.59 Å². The predicted octanol–water partition coefficient (Wildman–Crippen LogP) is 4.94. The normalized spacial score (nSPS) is 10.8. The van der Waals surface area contributed by atoms with Crippen LogP contribution in [-0.2, 0) is 9.47 Å². The zero-order valence-corrected chi connectivity index (χ0v) is 14.8. The monoisotopic (exact) mass is 332 g/mol. The van der Waals surface area contributed by atoms with E-state index in [1.165, 1.54) is 25.7 Å². The number of carbonyl (C=O) groups is 2. The number of allylic oxidation sites excluding steroid dienone is 1. The lowest BCUT2D eigenvalue weighted by molar-refractivity contribution is 0.0494. The van der Waals surface area contributed by atoms with Gasteiger partial charge in [0.05, 0.1) is 17.7 Å². The van der Waals surface area contributed by atoms with Crippen LogP contribution >= 0.6 is 0 Å². The first-order valence-electron chi connectivity index (χ1n) is 8.74. The van der Waals surface area contributed by atoms with Gasteiger partial charge in [-0.05, 0) is 37.6 Å². The molecule has 0 saturated heterocycles. The highest BCUT2D eigenvalue weighted by Gasteiger charge is 2.10. The fraction of sp³-hybridized carbons (Fsp3) is 0.500. The number of esters is 2. The van der Waals surface area contributed by atoms with Crippen LogP contribution in [0, 0.1) is 0 Å². The standard InChI is InChI=1S/C20H28O4/c1-3-5-7-8-9-10-16-24-20(22)18-13-11-17(12-14-18)19(21)23-15-6-4-2/h4,6,11-14H,3,5,7-10,15-16H2,1-2H3/b6-4+. The lowest BCUT2D eigenvalue weighted by Gasteiger charge is -2.06. The molecule has 0 aromatic heterocycles. The second-order valence-electron chi connectivity index (χ2n) is 5.65. The molecule has 0 amide bonds. The lowest BCUT2D eigenvalue weighted by Crippen LogP contribution is -2.08. The summed E-state index contributed by atoms with van der Waals surface area (Å²) in [5.41, 5.74) is 0.873. The second kappa shape index (κ2) is 12.3. The van der Waals surface area contributed by atoms with E-state index in [1.807, 2.05) is 13.0 Å². The summed E-state index contributed by atoms with van der Waals surface area (Å²) in [4.78, 5) is 23.7. The van der Waals surface area contributed by atoms with E-state index in [4.69, 9.17) is 9.47 Å². The summed E-state index contributed by atoms with van der Waals surface area (Å²) >= 11 is 0. The number of carbonyl (C=O) groups excluding carboxylic acids is 2. The summed E-state index contributed by atoms with van der Waals surface area (Å²) in [7, 11) is 0. The molecule has 0 radical (unpaired) electrons. The Morgan fingerprint density at radius 2 is 1.42 bits per heavy atom. The fourth-order valence-corrected chi connectivity index (χ4v) is 2.18. The van der Waals surface area contributed by atoms with E-state index in [9.17, 15) is 9.59 Å². The van der Waals surface area contributed by atoms with Gasteiger partial charge in [-0.2, -0.15) is 0 Å². The van der Waals surface area contributed by atoms with Crippen LogP contribution in [0.5, 0.6) is 0 Å². The molecular weight excluding hydrogens is 304 g/mol. The van der Waals surface area contributed by atoms with Gasteiger partial charge in [-0.1, -0.05) is 51.2 Å². The molecular formula is C20H28O4. The minimum atomic E-state index is -0.403. The van der Waals surface area contributed by atoms with Gasteiger partial charge >= 0.3 is 11.9 Å². The van der Waals surface area contributed by atoms with Crippen molar-refractivity contribution in [1.82, 2.24) is 0 Å². The number of hydrogen-bond donors (Lipinski definition) is 0. The predicted molar refractivity (Wildman–Crippen MR) is 95.2 cm³/mol. The van der Waals surface area contributed by atoms with Gasteiger partial charge < -0.3 is 9.47 Å². The Bertz CT molecular complexity index is 517. The molecule has 1 aromatic carbocycles. The maximum Gasteiger partial charge on any atom is 0.338 e. The first-order chi connectivity index (χ1) is 11.7. The van der Waals surface area contributed by atoms with Crippen molar-refractivity contribution in [2.45, 2.75) is 52.4 Å². The molecule has 0 fully saturated rings. The topological polar surface area (TPSA) is 52.6 Å². The molecule has 0 heterocycles. The molecule has 0 aliphatic heterocycles. The molecule has 4 nitrogen and oxygen atoms in total. The fourth-order valence-electron chi connectivity index (χ4n) is 2.18. The van der Waals surface area contributed by atoms with E-state index >= 15 is 0 Å². The van der Waals surface area contributed by atoms with Crippen molar-refractivity contribution in [1.29, 1.82) is 0 Å². The van der Waals surface area contributed by atoms with Gasteiger partial charge in [0.1, 0.15) is 6.61 Å². The molecule has 0 atom stereocenters. The van der Waals surface area contributed by atoms with Gasteiger partial charge in [0, 0.05) is 0 Å². The smallest absolute Gasteiger partial charge is 0.338 e. The molecule has 0 saturated carbocycles. The van der Waals surface area contributed by atoms with Crippen molar-refractivity contribution in [2.75, 3.05) is 13.2 Å². The van der Waals surface area contributed by atoms with E-state index in [2.05, 4.69) is 6.92 Å². The number of rotatable bonds is 11. The summed E-state index contributed by atoms with van der Waals surface area (Å²) in [6.07, 6.45) is 10.5. The quantitative estimate of drug-likeness (QED) is 0.327. The summed E-state index contributed by atoms with van der Waals surface area (Å²) in [6.45, 7) is 4.74. The Kier molecular flexibility index (Phi) is 10.3. The van der Waals surface area contributed by atoms with Crippen LogP contribution in [0.25, 0.3) is 0 Å². The van der Waals surface area contributed by atoms with Gasteiger partial charge in [0.2, 0.25) is 0 Å².